The van der Waals surface area contributed by atoms with E-state index >= 15 is 0 Å². The molecule has 1 fully saturated rings. The maximum Gasteiger partial charge on any atom is 0.240 e. The highest BCUT2D eigenvalue weighted by molar-refractivity contribution is 7.89. The van der Waals surface area contributed by atoms with Crippen molar-refractivity contribution in [3.8, 4) is 0 Å². The summed E-state index contributed by atoms with van der Waals surface area (Å²) < 4.78 is 52.1. The number of amides is 1. The molecule has 0 bridgehead atoms. The van der Waals surface area contributed by atoms with Crippen LogP contribution in [0.3, 0.4) is 0 Å². The first-order chi connectivity index (χ1) is 11.8. The molecule has 1 aliphatic carbocycles. The topological polar surface area (TPSA) is 101 Å². The molecule has 11 heteroatoms. The number of benzene rings is 1. The quantitative estimate of drug-likeness (QED) is 0.756. The Bertz CT molecular complexity index is 897. The van der Waals surface area contributed by atoms with E-state index in [1.54, 1.807) is 0 Å². The fourth-order valence-corrected chi connectivity index (χ4v) is 3.96. The van der Waals surface area contributed by atoms with E-state index in [2.05, 4.69) is 20.2 Å². The molecule has 1 aromatic heterocycles. The van der Waals surface area contributed by atoms with E-state index in [1.807, 2.05) is 0 Å². The van der Waals surface area contributed by atoms with Crippen LogP contribution in [0, 0.1) is 11.6 Å². The smallest absolute Gasteiger partial charge is 0.240 e. The average Bonchev–Trinajstić information content (AvgIpc) is 3.30. The summed E-state index contributed by atoms with van der Waals surface area (Å²) in [4.78, 5) is 11.4. The molecule has 0 saturated heterocycles. The van der Waals surface area contributed by atoms with Gasteiger partial charge in [0.2, 0.25) is 21.1 Å². The summed E-state index contributed by atoms with van der Waals surface area (Å²) in [5.74, 6) is -2.39. The number of carbonyl (C=O) groups excluding carboxylic acids is 1. The summed E-state index contributed by atoms with van der Waals surface area (Å²) in [6.07, 6.45) is 2.02. The number of hydrogen-bond donors (Lipinski definition) is 2. The molecule has 1 heterocycles. The fourth-order valence-electron chi connectivity index (χ4n) is 1.99. The van der Waals surface area contributed by atoms with Gasteiger partial charge in [0.1, 0.15) is 5.01 Å². The largest absolute Gasteiger partial charge is 0.300 e. The first kappa shape index (κ1) is 17.8. The lowest BCUT2D eigenvalue weighted by Crippen LogP contribution is -2.28. The van der Waals surface area contributed by atoms with Gasteiger partial charge < -0.3 is 5.32 Å². The lowest BCUT2D eigenvalue weighted by molar-refractivity contribution is -0.116. The van der Waals surface area contributed by atoms with E-state index in [0.717, 1.165) is 30.0 Å². The van der Waals surface area contributed by atoms with Crippen LogP contribution in [0.15, 0.2) is 23.1 Å². The molecule has 1 aliphatic rings. The Kier molecular flexibility index (Phi) is 5.06. The van der Waals surface area contributed by atoms with Gasteiger partial charge in [-0.15, -0.1) is 10.2 Å². The maximum absolute atomic E-state index is 13.1. The van der Waals surface area contributed by atoms with Crippen molar-refractivity contribution in [2.24, 2.45) is 0 Å². The molecule has 134 valence electrons. The predicted octanol–water partition coefficient (Wildman–Crippen LogP) is 2.00. The van der Waals surface area contributed by atoms with Crippen LogP contribution in [0.5, 0.6) is 0 Å². The van der Waals surface area contributed by atoms with E-state index in [-0.39, 0.29) is 13.0 Å². The molecule has 0 unspecified atom stereocenters. The van der Waals surface area contributed by atoms with Gasteiger partial charge in [-0.05, 0) is 31.0 Å². The van der Waals surface area contributed by atoms with Crippen molar-refractivity contribution in [1.82, 2.24) is 14.9 Å². The Morgan fingerprint density at radius 1 is 1.24 bits per heavy atom. The van der Waals surface area contributed by atoms with Gasteiger partial charge in [0, 0.05) is 18.9 Å². The molecule has 3 rings (SSSR count). The summed E-state index contributed by atoms with van der Waals surface area (Å²) in [7, 11) is -4.03. The van der Waals surface area contributed by atoms with Gasteiger partial charge in [0.15, 0.2) is 11.6 Å². The van der Waals surface area contributed by atoms with Crippen molar-refractivity contribution in [3.05, 3.63) is 34.8 Å². The molecular weight excluding hydrogens is 374 g/mol. The normalized spacial score (nSPS) is 14.5. The second-order valence-electron chi connectivity index (χ2n) is 5.49. The molecule has 2 N–H and O–H groups in total. The fraction of sp³-hybridized carbons (Fsp3) is 0.357. The van der Waals surface area contributed by atoms with Crippen molar-refractivity contribution in [2.45, 2.75) is 30.1 Å². The van der Waals surface area contributed by atoms with Gasteiger partial charge in [-0.1, -0.05) is 11.3 Å². The number of sulfonamides is 1. The zero-order chi connectivity index (χ0) is 18.0. The minimum absolute atomic E-state index is 0.138. The number of anilines is 1. The summed E-state index contributed by atoms with van der Waals surface area (Å²) in [6.45, 7) is -0.193. The van der Waals surface area contributed by atoms with Crippen LogP contribution >= 0.6 is 11.3 Å². The first-order valence-corrected chi connectivity index (χ1v) is 9.73. The molecule has 0 aliphatic heterocycles. The molecule has 2 aromatic rings. The lowest BCUT2D eigenvalue weighted by Gasteiger charge is -2.07. The van der Waals surface area contributed by atoms with Crippen LogP contribution in [-0.2, 0) is 14.8 Å². The minimum Gasteiger partial charge on any atom is -0.300 e. The van der Waals surface area contributed by atoms with Crippen LogP contribution in [-0.4, -0.2) is 31.1 Å². The number of nitrogens with one attached hydrogen (secondary N) is 2. The van der Waals surface area contributed by atoms with Gasteiger partial charge in [0.05, 0.1) is 4.90 Å². The second-order valence-corrected chi connectivity index (χ2v) is 8.27. The Balaban J connectivity index is 1.50. The van der Waals surface area contributed by atoms with Crippen LogP contribution in [0.4, 0.5) is 13.9 Å². The Labute approximate surface area is 146 Å². The van der Waals surface area contributed by atoms with Gasteiger partial charge in [-0.25, -0.2) is 21.9 Å². The number of rotatable bonds is 7. The molecule has 1 aromatic carbocycles. The number of aromatic nitrogens is 2. The minimum atomic E-state index is -4.03. The van der Waals surface area contributed by atoms with Crippen molar-refractivity contribution >= 4 is 32.4 Å². The summed E-state index contributed by atoms with van der Waals surface area (Å²) in [5.41, 5.74) is 0. The van der Waals surface area contributed by atoms with E-state index in [0.29, 0.717) is 17.1 Å². The van der Waals surface area contributed by atoms with Crippen molar-refractivity contribution in [2.75, 3.05) is 11.9 Å². The zero-order valence-electron chi connectivity index (χ0n) is 12.8. The summed E-state index contributed by atoms with van der Waals surface area (Å²) in [5, 5.41) is 11.6. The highest BCUT2D eigenvalue weighted by atomic mass is 32.2. The lowest BCUT2D eigenvalue weighted by atomic mass is 10.3. The van der Waals surface area contributed by atoms with E-state index in [4.69, 9.17) is 0 Å². The molecule has 0 spiro atoms. The third kappa shape index (κ3) is 4.55. The molecule has 1 amide bonds. The van der Waals surface area contributed by atoms with E-state index in [9.17, 15) is 22.0 Å². The highest BCUT2D eigenvalue weighted by Gasteiger charge is 2.27. The van der Waals surface area contributed by atoms with E-state index in [1.165, 1.54) is 11.3 Å². The SMILES string of the molecule is O=C(CCNS(=O)(=O)c1ccc(F)c(F)c1)Nc1nnc(C2CC2)s1. The standard InChI is InChI=1S/C14H14F2N4O3S2/c15-10-4-3-9(7-11(10)16)25(22,23)17-6-5-12(21)18-14-20-19-13(24-14)8-1-2-8/h3-4,7-8,17H,1-2,5-6H2,(H,18,20,21). The molecular formula is C14H14F2N4O3S2. The second kappa shape index (κ2) is 7.10. The summed E-state index contributed by atoms with van der Waals surface area (Å²) >= 11 is 1.30. The Morgan fingerprint density at radius 3 is 2.68 bits per heavy atom. The first-order valence-electron chi connectivity index (χ1n) is 7.43. The van der Waals surface area contributed by atoms with Gasteiger partial charge in [-0.2, -0.15) is 0 Å². The monoisotopic (exact) mass is 388 g/mol. The van der Waals surface area contributed by atoms with Crippen LogP contribution in [0.2, 0.25) is 0 Å². The van der Waals surface area contributed by atoms with E-state index < -0.39 is 32.5 Å². The number of halogens is 2. The van der Waals surface area contributed by atoms with Crippen molar-refractivity contribution < 1.29 is 22.0 Å². The maximum atomic E-state index is 13.1. The van der Waals surface area contributed by atoms with Crippen molar-refractivity contribution in [1.29, 1.82) is 0 Å². The van der Waals surface area contributed by atoms with Crippen LogP contribution in [0.1, 0.15) is 30.2 Å². The number of nitrogens with zero attached hydrogens (tertiary/aromatic N) is 2. The Morgan fingerprint density at radius 2 is 2.00 bits per heavy atom. The third-order valence-electron chi connectivity index (χ3n) is 3.46. The molecule has 7 nitrogen and oxygen atoms in total. The average molecular weight is 388 g/mol. The highest BCUT2D eigenvalue weighted by Crippen LogP contribution is 2.42. The van der Waals surface area contributed by atoms with Crippen LogP contribution in [0.25, 0.3) is 0 Å². The van der Waals surface area contributed by atoms with Crippen molar-refractivity contribution in [3.63, 3.8) is 0 Å². The molecule has 0 radical (unpaired) electrons. The molecule has 25 heavy (non-hydrogen) atoms. The van der Waals surface area contributed by atoms with Gasteiger partial charge in [0.25, 0.3) is 0 Å². The zero-order valence-corrected chi connectivity index (χ0v) is 14.5. The predicted molar refractivity (Wildman–Crippen MR) is 86.7 cm³/mol. The summed E-state index contributed by atoms with van der Waals surface area (Å²) in [6, 6.07) is 2.25. The number of carbonyl (C=O) groups is 1. The van der Waals surface area contributed by atoms with Gasteiger partial charge in [-0.3, -0.25) is 4.79 Å². The van der Waals surface area contributed by atoms with Gasteiger partial charge >= 0.3 is 0 Å². The third-order valence-corrected chi connectivity index (χ3v) is 5.92. The van der Waals surface area contributed by atoms with Crippen LogP contribution < -0.4 is 10.0 Å². The molecule has 0 atom stereocenters. The Hall–Kier alpha value is -1.98. The molecule has 1 saturated carbocycles. The number of hydrogen-bond acceptors (Lipinski definition) is 6.